The lowest BCUT2D eigenvalue weighted by molar-refractivity contribution is 0.0525. The highest BCUT2D eigenvalue weighted by Crippen LogP contribution is 2.28. The van der Waals surface area contributed by atoms with E-state index in [9.17, 15) is 0 Å². The second-order valence-corrected chi connectivity index (χ2v) is 4.38. The molecule has 1 N–H and O–H groups in total. The molecular weight excluding hydrogens is 190 g/mol. The van der Waals surface area contributed by atoms with Gasteiger partial charge in [0.1, 0.15) is 5.76 Å². The Kier molecular flexibility index (Phi) is 3.65. The lowest BCUT2D eigenvalue weighted by Gasteiger charge is -2.27. The second-order valence-electron chi connectivity index (χ2n) is 4.38. The van der Waals surface area contributed by atoms with Gasteiger partial charge in [0, 0.05) is 13.0 Å². The molecule has 0 amide bonds. The number of rotatable bonds is 4. The minimum Gasteiger partial charge on any atom is -0.496 e. The van der Waals surface area contributed by atoms with E-state index in [4.69, 9.17) is 9.47 Å². The molecule has 2 rings (SSSR count). The fourth-order valence-electron chi connectivity index (χ4n) is 2.40. The van der Waals surface area contributed by atoms with Gasteiger partial charge >= 0.3 is 0 Å². The molecule has 1 saturated heterocycles. The summed E-state index contributed by atoms with van der Waals surface area (Å²) in [6, 6.07) is 0.259. The van der Waals surface area contributed by atoms with E-state index in [-0.39, 0.29) is 12.1 Å². The average molecular weight is 211 g/mol. The predicted octanol–water partition coefficient (Wildman–Crippen LogP) is 1.69. The second kappa shape index (κ2) is 4.99. The molecule has 0 saturated carbocycles. The molecule has 2 heterocycles. The summed E-state index contributed by atoms with van der Waals surface area (Å²) in [5.74, 6) is 1.72. The molecule has 2 aliphatic rings. The van der Waals surface area contributed by atoms with E-state index in [1.54, 1.807) is 0 Å². The van der Waals surface area contributed by atoms with Crippen LogP contribution in [0.4, 0.5) is 0 Å². The smallest absolute Gasteiger partial charge is 0.112 e. The SMILES string of the molecule is CCNC(C1=CCCO1)C1OCCC1C. The van der Waals surface area contributed by atoms with E-state index in [1.807, 2.05) is 0 Å². The molecule has 3 nitrogen and oxygen atoms in total. The summed E-state index contributed by atoms with van der Waals surface area (Å²) in [4.78, 5) is 0. The summed E-state index contributed by atoms with van der Waals surface area (Å²) in [6.45, 7) is 7.07. The van der Waals surface area contributed by atoms with Gasteiger partial charge in [-0.05, 0) is 25.0 Å². The molecule has 15 heavy (non-hydrogen) atoms. The maximum Gasteiger partial charge on any atom is 0.112 e. The molecular formula is C12H21NO2. The Morgan fingerprint density at radius 1 is 1.53 bits per heavy atom. The Labute approximate surface area is 91.8 Å². The Hall–Kier alpha value is -0.540. The third kappa shape index (κ3) is 2.34. The van der Waals surface area contributed by atoms with Gasteiger partial charge in [-0.1, -0.05) is 13.8 Å². The Morgan fingerprint density at radius 3 is 2.93 bits per heavy atom. The first-order valence-electron chi connectivity index (χ1n) is 6.00. The molecule has 0 aliphatic carbocycles. The van der Waals surface area contributed by atoms with Gasteiger partial charge in [0.2, 0.25) is 0 Å². The van der Waals surface area contributed by atoms with Crippen molar-refractivity contribution >= 4 is 0 Å². The predicted molar refractivity (Wildman–Crippen MR) is 59.6 cm³/mol. The summed E-state index contributed by atoms with van der Waals surface area (Å²) in [5, 5.41) is 3.48. The van der Waals surface area contributed by atoms with Gasteiger partial charge in [-0.3, -0.25) is 0 Å². The van der Waals surface area contributed by atoms with Crippen LogP contribution in [0, 0.1) is 5.92 Å². The van der Waals surface area contributed by atoms with Crippen LogP contribution in [0.3, 0.4) is 0 Å². The molecule has 0 radical (unpaired) electrons. The molecule has 0 aromatic heterocycles. The minimum atomic E-state index is 0.259. The molecule has 2 aliphatic heterocycles. The Bertz CT molecular complexity index is 240. The van der Waals surface area contributed by atoms with Crippen molar-refractivity contribution in [1.29, 1.82) is 0 Å². The van der Waals surface area contributed by atoms with Crippen LogP contribution in [0.5, 0.6) is 0 Å². The summed E-state index contributed by atoms with van der Waals surface area (Å²) >= 11 is 0. The highest BCUT2D eigenvalue weighted by molar-refractivity contribution is 5.11. The summed E-state index contributed by atoms with van der Waals surface area (Å²) < 4.78 is 11.5. The van der Waals surface area contributed by atoms with Gasteiger partial charge in [-0.2, -0.15) is 0 Å². The van der Waals surface area contributed by atoms with Crippen molar-refractivity contribution < 1.29 is 9.47 Å². The minimum absolute atomic E-state index is 0.259. The van der Waals surface area contributed by atoms with Gasteiger partial charge in [-0.25, -0.2) is 0 Å². The quantitative estimate of drug-likeness (QED) is 0.767. The van der Waals surface area contributed by atoms with E-state index in [0.717, 1.165) is 31.9 Å². The molecule has 0 aromatic carbocycles. The van der Waals surface area contributed by atoms with E-state index < -0.39 is 0 Å². The number of likely N-dealkylation sites (N-methyl/N-ethyl adjacent to an activating group) is 1. The molecule has 0 bridgehead atoms. The molecule has 3 atom stereocenters. The number of ether oxygens (including phenoxy) is 2. The van der Waals surface area contributed by atoms with Crippen LogP contribution in [0.15, 0.2) is 11.8 Å². The van der Waals surface area contributed by atoms with Crippen molar-refractivity contribution in [3.05, 3.63) is 11.8 Å². The van der Waals surface area contributed by atoms with Crippen LogP contribution >= 0.6 is 0 Å². The van der Waals surface area contributed by atoms with Crippen LogP contribution < -0.4 is 5.32 Å². The molecule has 3 unspecified atom stereocenters. The first-order chi connectivity index (χ1) is 7.33. The first kappa shape index (κ1) is 11.0. The number of hydrogen-bond donors (Lipinski definition) is 1. The van der Waals surface area contributed by atoms with Crippen molar-refractivity contribution in [3.8, 4) is 0 Å². The van der Waals surface area contributed by atoms with E-state index >= 15 is 0 Å². The van der Waals surface area contributed by atoms with Crippen molar-refractivity contribution in [3.63, 3.8) is 0 Å². The van der Waals surface area contributed by atoms with Crippen LogP contribution in [-0.4, -0.2) is 31.9 Å². The summed E-state index contributed by atoms with van der Waals surface area (Å²) in [7, 11) is 0. The number of nitrogens with one attached hydrogen (secondary N) is 1. The molecule has 3 heteroatoms. The van der Waals surface area contributed by atoms with Gasteiger partial charge in [0.05, 0.1) is 18.8 Å². The van der Waals surface area contributed by atoms with Gasteiger partial charge in [0.25, 0.3) is 0 Å². The van der Waals surface area contributed by atoms with Gasteiger partial charge in [-0.15, -0.1) is 0 Å². The molecule has 0 spiro atoms. The molecule has 0 aromatic rings. The van der Waals surface area contributed by atoms with E-state index in [2.05, 4.69) is 25.2 Å². The summed E-state index contributed by atoms with van der Waals surface area (Å²) in [6.07, 6.45) is 4.69. The van der Waals surface area contributed by atoms with Crippen molar-refractivity contribution in [2.24, 2.45) is 5.92 Å². The Balaban J connectivity index is 2.04. The molecule has 86 valence electrons. The fraction of sp³-hybridized carbons (Fsp3) is 0.833. The third-order valence-corrected chi connectivity index (χ3v) is 3.24. The zero-order valence-corrected chi connectivity index (χ0v) is 9.66. The van der Waals surface area contributed by atoms with Crippen LogP contribution in [0.2, 0.25) is 0 Å². The van der Waals surface area contributed by atoms with E-state index in [0.29, 0.717) is 5.92 Å². The Morgan fingerprint density at radius 2 is 2.40 bits per heavy atom. The largest absolute Gasteiger partial charge is 0.496 e. The van der Waals surface area contributed by atoms with Crippen LogP contribution in [0.25, 0.3) is 0 Å². The van der Waals surface area contributed by atoms with Crippen LogP contribution in [-0.2, 0) is 9.47 Å². The third-order valence-electron chi connectivity index (χ3n) is 3.24. The van der Waals surface area contributed by atoms with Crippen LogP contribution in [0.1, 0.15) is 26.7 Å². The highest BCUT2D eigenvalue weighted by Gasteiger charge is 2.35. The fourth-order valence-corrected chi connectivity index (χ4v) is 2.40. The lowest BCUT2D eigenvalue weighted by Crippen LogP contribution is -2.43. The van der Waals surface area contributed by atoms with E-state index in [1.165, 1.54) is 6.42 Å². The zero-order valence-electron chi connectivity index (χ0n) is 9.66. The van der Waals surface area contributed by atoms with Crippen molar-refractivity contribution in [2.45, 2.75) is 38.8 Å². The first-order valence-corrected chi connectivity index (χ1v) is 6.00. The molecule has 1 fully saturated rings. The monoisotopic (exact) mass is 211 g/mol. The highest BCUT2D eigenvalue weighted by atomic mass is 16.5. The lowest BCUT2D eigenvalue weighted by atomic mass is 9.96. The maximum atomic E-state index is 5.81. The zero-order chi connectivity index (χ0) is 10.7. The normalized spacial score (nSPS) is 32.5. The van der Waals surface area contributed by atoms with Gasteiger partial charge < -0.3 is 14.8 Å². The maximum absolute atomic E-state index is 5.81. The average Bonchev–Trinajstić information content (AvgIpc) is 2.85. The van der Waals surface area contributed by atoms with Crippen molar-refractivity contribution in [1.82, 2.24) is 5.32 Å². The summed E-state index contributed by atoms with van der Waals surface area (Å²) in [5.41, 5.74) is 0. The number of hydrogen-bond acceptors (Lipinski definition) is 3. The van der Waals surface area contributed by atoms with Gasteiger partial charge in [0.15, 0.2) is 0 Å². The topological polar surface area (TPSA) is 30.5 Å². The van der Waals surface area contributed by atoms with Crippen molar-refractivity contribution in [2.75, 3.05) is 19.8 Å². The standard InChI is InChI=1S/C12H21NO2/c1-3-13-11(10-5-4-7-14-10)12-9(2)6-8-15-12/h5,9,11-13H,3-4,6-8H2,1-2H3.